The third-order valence-corrected chi connectivity index (χ3v) is 0.995. The molecule has 2 nitrogen and oxygen atoms in total. The Bertz CT molecular complexity index is 137. The molecular formula is C7H11ClO2. The van der Waals surface area contributed by atoms with E-state index >= 15 is 0 Å². The molecule has 0 saturated heterocycles. The lowest BCUT2D eigenvalue weighted by atomic mass is 10.3. The zero-order valence-corrected chi connectivity index (χ0v) is 6.94. The molecule has 0 atom stereocenters. The van der Waals surface area contributed by atoms with Crippen LogP contribution in [0.25, 0.3) is 0 Å². The molecule has 0 aliphatic heterocycles. The van der Waals surface area contributed by atoms with Crippen LogP contribution in [0.2, 0.25) is 0 Å². The zero-order valence-electron chi connectivity index (χ0n) is 6.19. The van der Waals surface area contributed by atoms with E-state index in [0.717, 1.165) is 6.42 Å². The van der Waals surface area contributed by atoms with E-state index in [-0.39, 0.29) is 0 Å². The van der Waals surface area contributed by atoms with Crippen LogP contribution in [0.1, 0.15) is 20.3 Å². The van der Waals surface area contributed by atoms with E-state index in [1.54, 1.807) is 0 Å². The summed E-state index contributed by atoms with van der Waals surface area (Å²) in [5.41, 5.74) is 0.479. The van der Waals surface area contributed by atoms with E-state index in [0.29, 0.717) is 6.61 Å². The van der Waals surface area contributed by atoms with Crippen LogP contribution in [0.5, 0.6) is 0 Å². The van der Waals surface area contributed by atoms with Crippen LogP contribution in [0.3, 0.4) is 0 Å². The third-order valence-electron chi connectivity index (χ3n) is 0.886. The second-order valence-electron chi connectivity index (χ2n) is 2.16. The van der Waals surface area contributed by atoms with Crippen molar-refractivity contribution in [3.63, 3.8) is 0 Å². The molecule has 0 aliphatic rings. The highest BCUT2D eigenvalue weighted by Gasteiger charge is 1.91. The molecule has 0 bridgehead atoms. The molecule has 0 rings (SSSR count). The Morgan fingerprint density at radius 2 is 2.20 bits per heavy atom. The van der Waals surface area contributed by atoms with Gasteiger partial charge in [-0.15, -0.1) is 0 Å². The molecule has 10 heavy (non-hydrogen) atoms. The maximum absolute atomic E-state index is 10.0. The fourth-order valence-electron chi connectivity index (χ4n) is 0.487. The predicted octanol–water partition coefficient (Wildman–Crippen LogP) is 2.72. The summed E-state index contributed by atoms with van der Waals surface area (Å²) in [6, 6.07) is 0. The average Bonchev–Trinajstić information content (AvgIpc) is 1.79. The van der Waals surface area contributed by atoms with Gasteiger partial charge in [0.2, 0.25) is 0 Å². The molecular weight excluding hydrogens is 152 g/mol. The number of rotatable bonds is 3. The van der Waals surface area contributed by atoms with Gasteiger partial charge >= 0.3 is 5.43 Å². The van der Waals surface area contributed by atoms with Gasteiger partial charge in [0, 0.05) is 11.6 Å². The van der Waals surface area contributed by atoms with Gasteiger partial charge in [-0.3, -0.25) is 0 Å². The van der Waals surface area contributed by atoms with Crippen molar-refractivity contribution < 1.29 is 9.53 Å². The Morgan fingerprint density at radius 3 is 2.60 bits per heavy atom. The fraction of sp³-hybridized carbons (Fsp3) is 0.571. The fourth-order valence-corrected chi connectivity index (χ4v) is 0.564. The number of ether oxygens (including phenoxy) is 1. The van der Waals surface area contributed by atoms with Crippen LogP contribution in [0.15, 0.2) is 11.6 Å². The number of carbonyl (C=O) groups is 1. The highest BCUT2D eigenvalue weighted by Crippen LogP contribution is 1.94. The molecule has 3 heteroatoms. The second kappa shape index (κ2) is 5.30. The SMILES string of the molecule is CC(C)=CCCOC(=O)Cl. The van der Waals surface area contributed by atoms with Crippen LogP contribution in [0, 0.1) is 0 Å². The summed E-state index contributed by atoms with van der Waals surface area (Å²) in [7, 11) is 0. The minimum absolute atomic E-state index is 0.369. The van der Waals surface area contributed by atoms with E-state index in [1.807, 2.05) is 19.9 Å². The lowest BCUT2D eigenvalue weighted by Gasteiger charge is -1.95. The molecule has 0 amide bonds. The molecule has 0 radical (unpaired) electrons. The molecule has 58 valence electrons. The lowest BCUT2D eigenvalue weighted by Crippen LogP contribution is -1.94. The van der Waals surface area contributed by atoms with Gasteiger partial charge in [0.25, 0.3) is 0 Å². The van der Waals surface area contributed by atoms with E-state index in [4.69, 9.17) is 11.6 Å². The highest BCUT2D eigenvalue weighted by atomic mass is 35.5. The smallest absolute Gasteiger partial charge is 0.403 e. The average molecular weight is 163 g/mol. The molecule has 0 aromatic heterocycles. The molecule has 0 heterocycles. The first kappa shape index (κ1) is 9.50. The van der Waals surface area contributed by atoms with Crippen molar-refractivity contribution in [1.29, 1.82) is 0 Å². The van der Waals surface area contributed by atoms with Gasteiger partial charge in [0.1, 0.15) is 0 Å². The second-order valence-corrected chi connectivity index (χ2v) is 2.46. The summed E-state index contributed by atoms with van der Waals surface area (Å²) in [4.78, 5) is 10.0. The van der Waals surface area contributed by atoms with E-state index in [2.05, 4.69) is 4.74 Å². The van der Waals surface area contributed by atoms with Crippen molar-refractivity contribution in [1.82, 2.24) is 0 Å². The Balaban J connectivity index is 3.21. The topological polar surface area (TPSA) is 26.3 Å². The van der Waals surface area contributed by atoms with Gasteiger partial charge < -0.3 is 4.74 Å². The van der Waals surface area contributed by atoms with Gasteiger partial charge in [-0.1, -0.05) is 11.6 Å². The minimum Gasteiger partial charge on any atom is -0.453 e. The summed E-state index contributed by atoms with van der Waals surface area (Å²) < 4.78 is 4.47. The van der Waals surface area contributed by atoms with Crippen molar-refractivity contribution in [2.45, 2.75) is 20.3 Å². The largest absolute Gasteiger partial charge is 0.453 e. The van der Waals surface area contributed by atoms with Gasteiger partial charge in [0.15, 0.2) is 0 Å². The molecule has 0 N–H and O–H groups in total. The molecule has 0 aliphatic carbocycles. The zero-order chi connectivity index (χ0) is 7.98. The van der Waals surface area contributed by atoms with E-state index < -0.39 is 5.43 Å². The van der Waals surface area contributed by atoms with E-state index in [9.17, 15) is 4.79 Å². The van der Waals surface area contributed by atoms with Gasteiger partial charge in [0.05, 0.1) is 6.61 Å². The third kappa shape index (κ3) is 7.50. The van der Waals surface area contributed by atoms with Crippen molar-refractivity contribution >= 4 is 17.0 Å². The Hall–Kier alpha value is -0.500. The van der Waals surface area contributed by atoms with Crippen molar-refractivity contribution in [3.05, 3.63) is 11.6 Å². The summed E-state index contributed by atoms with van der Waals surface area (Å²) in [5.74, 6) is 0. The highest BCUT2D eigenvalue weighted by molar-refractivity contribution is 6.61. The van der Waals surface area contributed by atoms with Crippen molar-refractivity contribution in [2.24, 2.45) is 0 Å². The monoisotopic (exact) mass is 162 g/mol. The van der Waals surface area contributed by atoms with Crippen LogP contribution in [0.4, 0.5) is 4.79 Å². The minimum atomic E-state index is -0.734. The first-order valence-electron chi connectivity index (χ1n) is 3.08. The van der Waals surface area contributed by atoms with Gasteiger partial charge in [-0.05, 0) is 20.3 Å². The number of halogens is 1. The van der Waals surface area contributed by atoms with Crippen LogP contribution >= 0.6 is 11.6 Å². The van der Waals surface area contributed by atoms with Crippen molar-refractivity contribution in [3.8, 4) is 0 Å². The molecule has 0 unspecified atom stereocenters. The molecule has 0 saturated carbocycles. The standard InChI is InChI=1S/C7H11ClO2/c1-6(2)4-3-5-10-7(8)9/h4H,3,5H2,1-2H3. The Kier molecular flexibility index (Phi) is 5.03. The number of hydrogen-bond acceptors (Lipinski definition) is 2. The summed E-state index contributed by atoms with van der Waals surface area (Å²) >= 11 is 4.91. The lowest BCUT2D eigenvalue weighted by molar-refractivity contribution is 0.175. The molecule has 0 aromatic carbocycles. The number of allylic oxidation sites excluding steroid dienone is 1. The Morgan fingerprint density at radius 1 is 1.60 bits per heavy atom. The van der Waals surface area contributed by atoms with Crippen LogP contribution in [-0.4, -0.2) is 12.0 Å². The maximum atomic E-state index is 10.0. The molecule has 0 aromatic rings. The number of carbonyl (C=O) groups excluding carboxylic acids is 1. The van der Waals surface area contributed by atoms with Gasteiger partial charge in [-0.2, -0.15) is 0 Å². The Labute approximate surface area is 65.8 Å². The summed E-state index contributed by atoms with van der Waals surface area (Å²) in [5, 5.41) is 0. The molecule has 0 fully saturated rings. The maximum Gasteiger partial charge on any atom is 0.403 e. The molecule has 0 spiro atoms. The van der Waals surface area contributed by atoms with Gasteiger partial charge in [-0.25, -0.2) is 4.79 Å². The first-order chi connectivity index (χ1) is 4.63. The number of hydrogen-bond donors (Lipinski definition) is 0. The summed E-state index contributed by atoms with van der Waals surface area (Å²) in [6.45, 7) is 4.35. The van der Waals surface area contributed by atoms with Crippen LogP contribution < -0.4 is 0 Å². The normalized spacial score (nSPS) is 8.70. The van der Waals surface area contributed by atoms with Crippen molar-refractivity contribution in [2.75, 3.05) is 6.61 Å². The first-order valence-corrected chi connectivity index (χ1v) is 3.46. The summed E-state index contributed by atoms with van der Waals surface area (Å²) in [6.07, 6.45) is 2.72. The van der Waals surface area contributed by atoms with Crippen LogP contribution in [-0.2, 0) is 4.74 Å². The van der Waals surface area contributed by atoms with E-state index in [1.165, 1.54) is 5.57 Å². The quantitative estimate of drug-likeness (QED) is 0.362. The predicted molar refractivity (Wildman–Crippen MR) is 41.2 cm³/mol.